The number of rotatable bonds is 15. The molecular weight excluding hydrogens is 426 g/mol. The summed E-state index contributed by atoms with van der Waals surface area (Å²) in [6, 6.07) is 0. The molecule has 0 fully saturated rings. The van der Waals surface area contributed by atoms with E-state index in [1.807, 2.05) is 0 Å². The SMILES string of the molecule is CCCCCCCCC=CCCCCCCCC(=O)O.[CH3][Sn]([CH3])[Cl]. The first-order valence-corrected chi connectivity index (χ1v) is 19.1. The Balaban J connectivity index is 0. The minimum atomic E-state index is -1.07. The second-order valence-corrected chi connectivity index (χ2v) is 16.7. The Bertz CT molecular complexity index is 278. The van der Waals surface area contributed by atoms with Crippen molar-refractivity contribution in [1.82, 2.24) is 0 Å². The molecule has 0 unspecified atom stereocenters. The number of allylic oxidation sites excluding steroid dienone is 2. The number of halogens is 1. The predicted octanol–water partition coefficient (Wildman–Crippen LogP) is 7.58. The van der Waals surface area contributed by atoms with Crippen LogP contribution in [-0.2, 0) is 4.79 Å². The molecule has 4 heteroatoms. The molecule has 2 nitrogen and oxygen atoms in total. The third kappa shape index (κ3) is 33.8. The molecule has 0 rings (SSSR count). The van der Waals surface area contributed by atoms with E-state index in [1.165, 1.54) is 70.6 Å². The Hall–Kier alpha value is 0.299. The van der Waals surface area contributed by atoms with Crippen molar-refractivity contribution < 1.29 is 9.90 Å². The van der Waals surface area contributed by atoms with Gasteiger partial charge in [0.05, 0.1) is 0 Å². The summed E-state index contributed by atoms with van der Waals surface area (Å²) in [4.78, 5) is 14.6. The van der Waals surface area contributed by atoms with E-state index in [1.54, 1.807) is 0 Å². The van der Waals surface area contributed by atoms with E-state index in [0.29, 0.717) is 6.42 Å². The number of unbranched alkanes of at least 4 members (excludes halogenated alkanes) is 11. The van der Waals surface area contributed by atoms with Gasteiger partial charge >= 0.3 is 43.4 Å². The summed E-state index contributed by atoms with van der Waals surface area (Å²) in [5.41, 5.74) is 0. The van der Waals surface area contributed by atoms with E-state index >= 15 is 0 Å². The van der Waals surface area contributed by atoms with E-state index in [-0.39, 0.29) is 0 Å². The van der Waals surface area contributed by atoms with Crippen molar-refractivity contribution in [1.29, 1.82) is 0 Å². The van der Waals surface area contributed by atoms with Crippen LogP contribution in [0.15, 0.2) is 12.2 Å². The molecule has 0 spiro atoms. The van der Waals surface area contributed by atoms with Crippen LogP contribution in [0.5, 0.6) is 0 Å². The molecule has 0 aliphatic carbocycles. The first-order valence-electron chi connectivity index (χ1n) is 9.83. The Morgan fingerprint density at radius 2 is 1.21 bits per heavy atom. The van der Waals surface area contributed by atoms with E-state index in [4.69, 9.17) is 14.0 Å². The molecule has 0 saturated carbocycles. The maximum absolute atomic E-state index is 10.3. The minimum absolute atomic E-state index is 0.332. The predicted molar refractivity (Wildman–Crippen MR) is 110 cm³/mol. The first kappa shape index (κ1) is 26.5. The number of carboxylic acids is 1. The van der Waals surface area contributed by atoms with Crippen LogP contribution in [0.4, 0.5) is 0 Å². The third-order valence-corrected chi connectivity index (χ3v) is 3.65. The van der Waals surface area contributed by atoms with E-state index < -0.39 is 24.6 Å². The zero-order chi connectivity index (χ0) is 18.5. The van der Waals surface area contributed by atoms with Gasteiger partial charge in [-0.2, -0.15) is 0 Å². The Labute approximate surface area is 161 Å². The average Bonchev–Trinajstić information content (AvgIpc) is 2.50. The second-order valence-electron chi connectivity index (χ2n) is 6.61. The molecule has 143 valence electrons. The fraction of sp³-hybridized carbons (Fsp3) is 0.850. The van der Waals surface area contributed by atoms with Gasteiger partial charge in [-0.05, 0) is 32.1 Å². The fourth-order valence-corrected chi connectivity index (χ4v) is 2.35. The molecule has 0 aromatic heterocycles. The van der Waals surface area contributed by atoms with Gasteiger partial charge in [0.2, 0.25) is 0 Å². The molecule has 1 N–H and O–H groups in total. The van der Waals surface area contributed by atoms with Crippen LogP contribution in [0.1, 0.15) is 96.8 Å². The van der Waals surface area contributed by atoms with Crippen molar-refractivity contribution in [3.8, 4) is 0 Å². The number of carbonyl (C=O) groups is 1. The van der Waals surface area contributed by atoms with Crippen LogP contribution >= 0.6 is 8.92 Å². The van der Waals surface area contributed by atoms with Crippen molar-refractivity contribution in [2.45, 2.75) is 107 Å². The molecule has 24 heavy (non-hydrogen) atoms. The van der Waals surface area contributed by atoms with Crippen LogP contribution in [-0.4, -0.2) is 29.7 Å². The number of hydrogen-bond acceptors (Lipinski definition) is 1. The van der Waals surface area contributed by atoms with Crippen LogP contribution in [0.25, 0.3) is 0 Å². The normalized spacial score (nSPS) is 10.9. The van der Waals surface area contributed by atoms with Crippen molar-refractivity contribution in [3.05, 3.63) is 12.2 Å². The van der Waals surface area contributed by atoms with Gasteiger partial charge in [-0.25, -0.2) is 0 Å². The van der Waals surface area contributed by atoms with Crippen LogP contribution in [0.2, 0.25) is 9.88 Å². The number of carboxylic acid groups (broad SMARTS) is 1. The van der Waals surface area contributed by atoms with Gasteiger partial charge in [-0.1, -0.05) is 70.4 Å². The molecule has 0 atom stereocenters. The molecule has 0 amide bonds. The van der Waals surface area contributed by atoms with Gasteiger partial charge < -0.3 is 5.11 Å². The van der Waals surface area contributed by atoms with E-state index in [9.17, 15) is 4.79 Å². The van der Waals surface area contributed by atoms with Gasteiger partial charge in [-0.3, -0.25) is 4.79 Å². The summed E-state index contributed by atoms with van der Waals surface area (Å²) in [6.45, 7) is 2.26. The standard InChI is InChI=1S/C18H34O2.2CH3.ClH.Sn/c1-2-3-4-5-6-7-8-9-10-11-12-13-14-15-16-17-18(19)20;;;;/h9-10H,2-8,11-17H2,1H3,(H,19,20);2*1H3;1H;/q;;;;+1/p-1. The van der Waals surface area contributed by atoms with Gasteiger partial charge in [0.25, 0.3) is 0 Å². The summed E-state index contributed by atoms with van der Waals surface area (Å²) in [5.74, 6) is -0.664. The fourth-order valence-electron chi connectivity index (χ4n) is 2.35. The van der Waals surface area contributed by atoms with Gasteiger partial charge in [0.1, 0.15) is 0 Å². The van der Waals surface area contributed by atoms with Crippen LogP contribution < -0.4 is 0 Å². The second kappa shape index (κ2) is 23.3. The molecule has 0 saturated heterocycles. The Morgan fingerprint density at radius 3 is 1.62 bits per heavy atom. The maximum atomic E-state index is 10.3. The van der Waals surface area contributed by atoms with Gasteiger partial charge in [0, 0.05) is 6.42 Å². The summed E-state index contributed by atoms with van der Waals surface area (Å²) in [7, 11) is 5.47. The van der Waals surface area contributed by atoms with Gasteiger partial charge in [0.15, 0.2) is 0 Å². The third-order valence-electron chi connectivity index (χ3n) is 3.65. The van der Waals surface area contributed by atoms with Crippen LogP contribution in [0, 0.1) is 0 Å². The zero-order valence-corrected chi connectivity index (χ0v) is 19.9. The molecule has 0 bridgehead atoms. The molecule has 1 radical (unpaired) electrons. The quantitative estimate of drug-likeness (QED) is 0.153. The van der Waals surface area contributed by atoms with Crippen LogP contribution in [0.3, 0.4) is 0 Å². The molecule has 0 heterocycles. The molecule has 0 aromatic carbocycles. The summed E-state index contributed by atoms with van der Waals surface area (Å²) in [5, 5.41) is 8.51. The van der Waals surface area contributed by atoms with Crippen molar-refractivity contribution >= 4 is 33.5 Å². The zero-order valence-electron chi connectivity index (χ0n) is 16.3. The van der Waals surface area contributed by atoms with Crippen molar-refractivity contribution in [3.63, 3.8) is 0 Å². The summed E-state index contributed by atoms with van der Waals surface area (Å²) < 4.78 is 0. The first-order chi connectivity index (χ1) is 11.5. The van der Waals surface area contributed by atoms with E-state index in [2.05, 4.69) is 29.0 Å². The summed E-state index contributed by atoms with van der Waals surface area (Å²) in [6.07, 6.45) is 21.2. The Morgan fingerprint density at radius 1 is 0.833 bits per heavy atom. The molecule has 0 aliphatic rings. The topological polar surface area (TPSA) is 37.3 Å². The summed E-state index contributed by atoms with van der Waals surface area (Å²) >= 11 is -1.07. The number of aliphatic carboxylic acids is 1. The van der Waals surface area contributed by atoms with E-state index in [0.717, 1.165) is 12.8 Å². The molecular formula is C20H40ClO2Sn. The monoisotopic (exact) mass is 467 g/mol. The van der Waals surface area contributed by atoms with Crippen molar-refractivity contribution in [2.24, 2.45) is 0 Å². The molecule has 0 aromatic rings. The number of hydrogen-bond donors (Lipinski definition) is 1. The average molecular weight is 467 g/mol. The Kier molecular flexibility index (Phi) is 25.8. The van der Waals surface area contributed by atoms with Gasteiger partial charge in [-0.15, -0.1) is 0 Å². The van der Waals surface area contributed by atoms with Crippen molar-refractivity contribution in [2.75, 3.05) is 0 Å². The molecule has 0 aliphatic heterocycles.